The van der Waals surface area contributed by atoms with Crippen molar-refractivity contribution in [2.24, 2.45) is 0 Å². The normalized spacial score (nSPS) is 14.3. The first-order valence-electron chi connectivity index (χ1n) is 6.29. The summed E-state index contributed by atoms with van der Waals surface area (Å²) in [6.45, 7) is 2.37. The lowest BCUT2D eigenvalue weighted by Crippen LogP contribution is -2.39. The average Bonchev–Trinajstić information content (AvgIpc) is 2.44. The van der Waals surface area contributed by atoms with E-state index in [-0.39, 0.29) is 6.04 Å². The van der Waals surface area contributed by atoms with Gasteiger partial charge >= 0.3 is 13.8 Å². The summed E-state index contributed by atoms with van der Waals surface area (Å²) in [5, 5.41) is 15.0. The molecule has 1 radical (unpaired) electrons. The Kier molecular flexibility index (Phi) is 6.69. The van der Waals surface area contributed by atoms with E-state index in [1.807, 2.05) is 13.0 Å². The minimum Gasteiger partial charge on any atom is -0.427 e. The van der Waals surface area contributed by atoms with E-state index in [1.54, 1.807) is 0 Å². The molecule has 4 nitrogen and oxygen atoms in total. The van der Waals surface area contributed by atoms with E-state index in [0.29, 0.717) is 12.1 Å². The molecule has 0 aliphatic carbocycles. The molecule has 0 aromatic heterocycles. The minimum atomic E-state index is -4.37. The minimum absolute atomic E-state index is 0.0663. The first-order chi connectivity index (χ1) is 9.88. The van der Waals surface area contributed by atoms with Crippen molar-refractivity contribution < 1.29 is 17.8 Å². The highest BCUT2D eigenvalue weighted by Crippen LogP contribution is 2.29. The van der Waals surface area contributed by atoms with E-state index < -0.39 is 17.8 Å². The van der Waals surface area contributed by atoms with Gasteiger partial charge in [0.2, 0.25) is 0 Å². The second kappa shape index (κ2) is 8.03. The van der Waals surface area contributed by atoms with Crippen molar-refractivity contribution in [3.05, 3.63) is 35.4 Å². The number of hydrogen-bond donors (Lipinski definition) is 2. The molecule has 1 unspecified atom stereocenters. The van der Waals surface area contributed by atoms with Crippen molar-refractivity contribution in [1.29, 1.82) is 5.26 Å². The molecule has 0 saturated carbocycles. The molecule has 1 aromatic carbocycles. The Hall–Kier alpha value is -1.56. The molecule has 113 valence electrons. The van der Waals surface area contributed by atoms with Gasteiger partial charge < -0.3 is 9.88 Å². The number of benzene rings is 1. The number of nitriles is 1. The third kappa shape index (κ3) is 5.75. The smallest absolute Gasteiger partial charge is 0.416 e. The molecule has 0 spiro atoms. The van der Waals surface area contributed by atoms with Crippen LogP contribution in [0.4, 0.5) is 13.2 Å². The van der Waals surface area contributed by atoms with Gasteiger partial charge in [-0.25, -0.2) is 0 Å². The number of nitrogens with zero attached hydrogens (tertiary/aromatic N) is 1. The third-order valence-corrected chi connectivity index (χ3v) is 2.78. The van der Waals surface area contributed by atoms with Crippen LogP contribution in [0.5, 0.6) is 0 Å². The van der Waals surface area contributed by atoms with Gasteiger partial charge in [0.05, 0.1) is 11.6 Å². The van der Waals surface area contributed by atoms with Crippen molar-refractivity contribution in [2.75, 3.05) is 13.7 Å². The molecule has 2 N–H and O–H groups in total. The molecule has 8 heteroatoms. The highest BCUT2D eigenvalue weighted by molar-refractivity contribution is 6.23. The molecule has 2 atom stereocenters. The SMILES string of the molecule is CO[B]NC[C@H](C)NC(C#N)c1ccc(C(F)(F)F)cc1. The number of rotatable bonds is 7. The van der Waals surface area contributed by atoms with Crippen molar-refractivity contribution >= 4 is 7.62 Å². The zero-order valence-electron chi connectivity index (χ0n) is 11.7. The van der Waals surface area contributed by atoms with Crippen molar-refractivity contribution in [3.63, 3.8) is 0 Å². The summed E-state index contributed by atoms with van der Waals surface area (Å²) in [4.78, 5) is 0. The first-order valence-corrected chi connectivity index (χ1v) is 6.29. The molecule has 0 bridgehead atoms. The molecular weight excluding hydrogens is 282 g/mol. The van der Waals surface area contributed by atoms with Crippen LogP contribution in [0.3, 0.4) is 0 Å². The van der Waals surface area contributed by atoms with E-state index in [1.165, 1.54) is 26.9 Å². The molecule has 0 aliphatic rings. The molecule has 0 aliphatic heterocycles. The van der Waals surface area contributed by atoms with Crippen LogP contribution in [0, 0.1) is 11.3 Å². The zero-order valence-corrected chi connectivity index (χ0v) is 11.7. The maximum atomic E-state index is 12.5. The van der Waals surface area contributed by atoms with Gasteiger partial charge in [0.1, 0.15) is 6.04 Å². The van der Waals surface area contributed by atoms with E-state index in [2.05, 4.69) is 10.5 Å². The van der Waals surface area contributed by atoms with Crippen molar-refractivity contribution in [1.82, 2.24) is 10.5 Å². The maximum absolute atomic E-state index is 12.5. The topological polar surface area (TPSA) is 57.1 Å². The predicted molar refractivity (Wildman–Crippen MR) is 73.2 cm³/mol. The zero-order chi connectivity index (χ0) is 15.9. The van der Waals surface area contributed by atoms with E-state index in [4.69, 9.17) is 9.92 Å². The van der Waals surface area contributed by atoms with Crippen LogP contribution < -0.4 is 10.5 Å². The fraction of sp³-hybridized carbons (Fsp3) is 0.462. The summed E-state index contributed by atoms with van der Waals surface area (Å²) in [6, 6.07) is 5.87. The Morgan fingerprint density at radius 3 is 2.43 bits per heavy atom. The van der Waals surface area contributed by atoms with Gasteiger partial charge in [-0.2, -0.15) is 18.4 Å². The Balaban J connectivity index is 2.66. The van der Waals surface area contributed by atoms with Gasteiger partial charge in [-0.1, -0.05) is 12.1 Å². The van der Waals surface area contributed by atoms with E-state index in [0.717, 1.165) is 12.1 Å². The largest absolute Gasteiger partial charge is 0.427 e. The van der Waals surface area contributed by atoms with Crippen LogP contribution in [0.1, 0.15) is 24.1 Å². The van der Waals surface area contributed by atoms with Gasteiger partial charge in [0.15, 0.2) is 0 Å². The first kappa shape index (κ1) is 17.5. The Morgan fingerprint density at radius 2 is 1.95 bits per heavy atom. The quantitative estimate of drug-likeness (QED) is 0.597. The van der Waals surface area contributed by atoms with Gasteiger partial charge in [-0.05, 0) is 24.6 Å². The molecule has 1 rings (SSSR count). The summed E-state index contributed by atoms with van der Waals surface area (Å²) >= 11 is 0. The van der Waals surface area contributed by atoms with Crippen LogP contribution >= 0.6 is 0 Å². The lowest BCUT2D eigenvalue weighted by Gasteiger charge is -2.19. The van der Waals surface area contributed by atoms with Crippen LogP contribution in [0.25, 0.3) is 0 Å². The van der Waals surface area contributed by atoms with Crippen LogP contribution in [-0.2, 0) is 10.8 Å². The number of hydrogen-bond acceptors (Lipinski definition) is 4. The predicted octanol–water partition coefficient (Wildman–Crippen LogP) is 2.02. The van der Waals surface area contributed by atoms with Gasteiger partial charge in [0, 0.05) is 19.7 Å². The van der Waals surface area contributed by atoms with Gasteiger partial charge in [-0.15, -0.1) is 0 Å². The Bertz CT molecular complexity index is 473. The summed E-state index contributed by atoms with van der Waals surface area (Å²) < 4.78 is 42.2. The average molecular weight is 298 g/mol. The fourth-order valence-corrected chi connectivity index (χ4v) is 1.72. The summed E-state index contributed by atoms with van der Waals surface area (Å²) in [6.07, 6.45) is -4.37. The highest BCUT2D eigenvalue weighted by atomic mass is 19.4. The van der Waals surface area contributed by atoms with Crippen LogP contribution in [0.2, 0.25) is 0 Å². The highest BCUT2D eigenvalue weighted by Gasteiger charge is 2.30. The van der Waals surface area contributed by atoms with Gasteiger partial charge in [0.25, 0.3) is 0 Å². The molecule has 0 amide bonds. The Labute approximate surface area is 122 Å². The molecule has 1 aromatic rings. The van der Waals surface area contributed by atoms with E-state index >= 15 is 0 Å². The molecular formula is C13H16BF3N3O. The summed E-state index contributed by atoms with van der Waals surface area (Å²) in [5.41, 5.74) is -0.236. The van der Waals surface area contributed by atoms with Crippen molar-refractivity contribution in [2.45, 2.75) is 25.2 Å². The Morgan fingerprint density at radius 1 is 1.33 bits per heavy atom. The second-order valence-electron chi connectivity index (χ2n) is 4.51. The fourth-order valence-electron chi connectivity index (χ4n) is 1.72. The number of alkyl halides is 3. The van der Waals surface area contributed by atoms with Crippen LogP contribution in [-0.4, -0.2) is 27.3 Å². The summed E-state index contributed by atoms with van der Waals surface area (Å²) in [7, 11) is 2.92. The van der Waals surface area contributed by atoms with E-state index in [9.17, 15) is 13.2 Å². The lowest BCUT2D eigenvalue weighted by atomic mass is 10.0. The number of nitrogens with one attached hydrogen (secondary N) is 2. The lowest BCUT2D eigenvalue weighted by molar-refractivity contribution is -0.137. The van der Waals surface area contributed by atoms with Crippen molar-refractivity contribution in [3.8, 4) is 6.07 Å². The molecule has 21 heavy (non-hydrogen) atoms. The summed E-state index contributed by atoms with van der Waals surface area (Å²) in [5.74, 6) is 0. The monoisotopic (exact) mass is 298 g/mol. The van der Waals surface area contributed by atoms with Crippen LogP contribution in [0.15, 0.2) is 24.3 Å². The van der Waals surface area contributed by atoms with Gasteiger partial charge in [-0.3, -0.25) is 5.32 Å². The molecule has 0 saturated heterocycles. The third-order valence-electron chi connectivity index (χ3n) is 2.78. The number of halogens is 3. The molecule has 0 fully saturated rings. The second-order valence-corrected chi connectivity index (χ2v) is 4.51. The maximum Gasteiger partial charge on any atom is 0.416 e. The molecule has 0 heterocycles. The standard InChI is InChI=1S/C13H16BF3N3O/c1-9(8-19-14-21-2)20-12(7-18)10-3-5-11(6-4-10)13(15,16)17/h3-6,9,12,19-20H,8H2,1-2H3/t9-,12?/m0/s1.